The van der Waals surface area contributed by atoms with Crippen LogP contribution in [0.15, 0.2) is 39.9 Å². The van der Waals surface area contributed by atoms with Gasteiger partial charge in [0.05, 0.1) is 18.2 Å². The van der Waals surface area contributed by atoms with Gasteiger partial charge in [-0.2, -0.15) is 5.10 Å². The van der Waals surface area contributed by atoms with Gasteiger partial charge in [0.15, 0.2) is 11.5 Å². The lowest BCUT2D eigenvalue weighted by Gasteiger charge is -2.23. The van der Waals surface area contributed by atoms with Crippen LogP contribution in [0, 0.1) is 6.92 Å². The Bertz CT molecular complexity index is 1090. The number of hydrazone groups is 1. The highest BCUT2D eigenvalue weighted by Gasteiger charge is 2.22. The largest absolute Gasteiger partial charge is 0.454 e. The van der Waals surface area contributed by atoms with Gasteiger partial charge in [-0.05, 0) is 52.7 Å². The second kappa shape index (κ2) is 8.60. The average molecular weight is 503 g/mol. The smallest absolute Gasteiger partial charge is 0.260 e. The molecule has 3 rings (SSSR count). The number of nitrogens with one attached hydrogen (secondary N) is 1. The van der Waals surface area contributed by atoms with Gasteiger partial charge in [0, 0.05) is 15.1 Å². The number of ether oxygens (including phenoxy) is 2. The Hall–Kier alpha value is -2.30. The molecule has 0 bridgehead atoms. The molecule has 2 aromatic carbocycles. The van der Waals surface area contributed by atoms with Crippen molar-refractivity contribution in [3.63, 3.8) is 0 Å². The molecule has 0 aliphatic carbocycles. The van der Waals surface area contributed by atoms with Crippen molar-refractivity contribution in [1.82, 2.24) is 5.43 Å². The number of fused-ring (bicyclic) bond motifs is 1. The molecule has 154 valence electrons. The molecule has 1 heterocycles. The first-order chi connectivity index (χ1) is 13.6. The van der Waals surface area contributed by atoms with Gasteiger partial charge in [0.1, 0.15) is 6.54 Å². The van der Waals surface area contributed by atoms with Crippen LogP contribution in [0.1, 0.15) is 11.1 Å². The van der Waals surface area contributed by atoms with Gasteiger partial charge in [0.25, 0.3) is 5.91 Å². The molecular formula is C18H17BrClN3O5S. The summed E-state index contributed by atoms with van der Waals surface area (Å²) in [6, 6.07) is 8.27. The quantitative estimate of drug-likeness (QED) is 0.484. The van der Waals surface area contributed by atoms with Crippen molar-refractivity contribution in [2.45, 2.75) is 6.92 Å². The highest BCUT2D eigenvalue weighted by atomic mass is 79.9. The summed E-state index contributed by atoms with van der Waals surface area (Å²) in [6.45, 7) is 1.43. The molecule has 0 atom stereocenters. The Morgan fingerprint density at radius 3 is 2.69 bits per heavy atom. The summed E-state index contributed by atoms with van der Waals surface area (Å²) in [4.78, 5) is 12.3. The van der Waals surface area contributed by atoms with E-state index in [1.165, 1.54) is 12.3 Å². The maximum Gasteiger partial charge on any atom is 0.260 e. The summed E-state index contributed by atoms with van der Waals surface area (Å²) >= 11 is 9.37. The van der Waals surface area contributed by atoms with Crippen LogP contribution in [-0.2, 0) is 14.8 Å². The number of nitrogens with zero attached hydrogens (tertiary/aromatic N) is 2. The zero-order chi connectivity index (χ0) is 21.2. The van der Waals surface area contributed by atoms with E-state index >= 15 is 0 Å². The van der Waals surface area contributed by atoms with Crippen LogP contribution in [0.25, 0.3) is 0 Å². The minimum absolute atomic E-state index is 0.142. The number of hydrogen-bond acceptors (Lipinski definition) is 6. The van der Waals surface area contributed by atoms with Gasteiger partial charge >= 0.3 is 0 Å². The fraction of sp³-hybridized carbons (Fsp3) is 0.222. The molecule has 1 aliphatic rings. The van der Waals surface area contributed by atoms with E-state index in [4.69, 9.17) is 21.1 Å². The zero-order valence-corrected chi connectivity index (χ0v) is 18.6. The molecule has 0 radical (unpaired) electrons. The van der Waals surface area contributed by atoms with Crippen molar-refractivity contribution in [2.24, 2.45) is 5.10 Å². The topological polar surface area (TPSA) is 97.3 Å². The first-order valence-electron chi connectivity index (χ1n) is 8.30. The van der Waals surface area contributed by atoms with E-state index in [0.29, 0.717) is 37.8 Å². The SMILES string of the molecule is Cc1ccc(Cl)cc1N(CC(=O)N/N=C\c1cc2c(cc1Br)OCO2)S(C)(=O)=O. The molecular weight excluding hydrogens is 486 g/mol. The summed E-state index contributed by atoms with van der Waals surface area (Å²) < 4.78 is 36.7. The van der Waals surface area contributed by atoms with Crippen LogP contribution < -0.4 is 19.2 Å². The molecule has 11 heteroatoms. The minimum atomic E-state index is -3.72. The summed E-state index contributed by atoms with van der Waals surface area (Å²) in [5.74, 6) is 0.572. The molecule has 29 heavy (non-hydrogen) atoms. The summed E-state index contributed by atoms with van der Waals surface area (Å²) in [6.07, 6.45) is 2.44. The number of carbonyl (C=O) groups excluding carboxylic acids is 1. The van der Waals surface area contributed by atoms with Crippen molar-refractivity contribution in [2.75, 3.05) is 23.9 Å². The molecule has 1 N–H and O–H groups in total. The van der Waals surface area contributed by atoms with Crippen molar-refractivity contribution < 1.29 is 22.7 Å². The number of aryl methyl sites for hydroxylation is 1. The van der Waals surface area contributed by atoms with Gasteiger partial charge in [-0.3, -0.25) is 9.10 Å². The van der Waals surface area contributed by atoms with Crippen LogP contribution >= 0.6 is 27.5 Å². The second-order valence-corrected chi connectivity index (χ2v) is 9.42. The number of anilines is 1. The van der Waals surface area contributed by atoms with E-state index in [0.717, 1.165) is 10.6 Å². The fourth-order valence-corrected chi connectivity index (χ4v) is 4.10. The predicted octanol–water partition coefficient (Wildman–Crippen LogP) is 3.06. The van der Waals surface area contributed by atoms with Crippen molar-refractivity contribution >= 4 is 55.4 Å². The molecule has 0 unspecified atom stereocenters. The summed E-state index contributed by atoms with van der Waals surface area (Å²) in [5.41, 5.74) is 3.98. The van der Waals surface area contributed by atoms with E-state index in [9.17, 15) is 13.2 Å². The Morgan fingerprint density at radius 1 is 1.31 bits per heavy atom. The van der Waals surface area contributed by atoms with Crippen LogP contribution in [0.2, 0.25) is 5.02 Å². The lowest BCUT2D eigenvalue weighted by atomic mass is 10.2. The molecule has 0 saturated carbocycles. The van der Waals surface area contributed by atoms with Gasteiger partial charge in [-0.15, -0.1) is 0 Å². The third-order valence-electron chi connectivity index (χ3n) is 4.01. The zero-order valence-electron chi connectivity index (χ0n) is 15.5. The van der Waals surface area contributed by atoms with E-state index in [1.54, 1.807) is 31.2 Å². The number of rotatable bonds is 6. The third-order valence-corrected chi connectivity index (χ3v) is 6.06. The normalized spacial score (nSPS) is 13.0. The van der Waals surface area contributed by atoms with E-state index in [1.807, 2.05) is 0 Å². The van der Waals surface area contributed by atoms with Gasteiger partial charge in [0.2, 0.25) is 16.8 Å². The number of halogens is 2. The summed E-state index contributed by atoms with van der Waals surface area (Å²) in [5, 5.41) is 4.26. The Balaban J connectivity index is 1.73. The summed E-state index contributed by atoms with van der Waals surface area (Å²) in [7, 11) is -3.72. The third kappa shape index (κ3) is 5.20. The Morgan fingerprint density at radius 2 is 2.00 bits per heavy atom. The van der Waals surface area contributed by atoms with E-state index in [2.05, 4.69) is 26.5 Å². The second-order valence-electron chi connectivity index (χ2n) is 6.22. The van der Waals surface area contributed by atoms with Gasteiger partial charge in [-0.1, -0.05) is 17.7 Å². The first-order valence-corrected chi connectivity index (χ1v) is 11.3. The number of hydrogen-bond donors (Lipinski definition) is 1. The van der Waals surface area contributed by atoms with Crippen LogP contribution in [0.4, 0.5) is 5.69 Å². The Kier molecular flexibility index (Phi) is 6.35. The molecule has 1 amide bonds. The molecule has 0 saturated heterocycles. The monoisotopic (exact) mass is 501 g/mol. The molecule has 0 spiro atoms. The minimum Gasteiger partial charge on any atom is -0.454 e. The average Bonchev–Trinajstić information content (AvgIpc) is 3.08. The van der Waals surface area contributed by atoms with Crippen LogP contribution in [0.5, 0.6) is 11.5 Å². The lowest BCUT2D eigenvalue weighted by Crippen LogP contribution is -2.39. The Labute approximate surface area is 181 Å². The number of sulfonamides is 1. The van der Waals surface area contributed by atoms with Crippen molar-refractivity contribution in [1.29, 1.82) is 0 Å². The number of carbonyl (C=O) groups is 1. The molecule has 0 aromatic heterocycles. The van der Waals surface area contributed by atoms with Crippen LogP contribution in [0.3, 0.4) is 0 Å². The fourth-order valence-electron chi connectivity index (χ4n) is 2.60. The highest BCUT2D eigenvalue weighted by molar-refractivity contribution is 9.10. The van der Waals surface area contributed by atoms with E-state index in [-0.39, 0.29) is 6.79 Å². The molecule has 2 aromatic rings. The maximum absolute atomic E-state index is 12.3. The number of amides is 1. The standard InChI is InChI=1S/C18H17BrClN3O5S/c1-11-3-4-13(20)6-15(11)23(29(2,25)26)9-18(24)22-21-8-12-5-16-17(7-14(12)19)28-10-27-16/h3-8H,9-10H2,1-2H3,(H,22,24)/b21-8-. The van der Waals surface area contributed by atoms with Gasteiger partial charge < -0.3 is 9.47 Å². The predicted molar refractivity (Wildman–Crippen MR) is 114 cm³/mol. The van der Waals surface area contributed by atoms with E-state index < -0.39 is 22.5 Å². The highest BCUT2D eigenvalue weighted by Crippen LogP contribution is 2.36. The van der Waals surface area contributed by atoms with Gasteiger partial charge in [-0.25, -0.2) is 13.8 Å². The molecule has 0 fully saturated rings. The number of benzene rings is 2. The lowest BCUT2D eigenvalue weighted by molar-refractivity contribution is -0.119. The molecule has 8 nitrogen and oxygen atoms in total. The van der Waals surface area contributed by atoms with Crippen molar-refractivity contribution in [3.8, 4) is 11.5 Å². The first kappa shape index (κ1) is 21.4. The van der Waals surface area contributed by atoms with Crippen LogP contribution in [-0.4, -0.2) is 40.1 Å². The molecule has 1 aliphatic heterocycles. The van der Waals surface area contributed by atoms with Crippen molar-refractivity contribution in [3.05, 3.63) is 51.0 Å². The maximum atomic E-state index is 12.3.